The van der Waals surface area contributed by atoms with Crippen LogP contribution in [0.15, 0.2) is 24.3 Å². The van der Waals surface area contributed by atoms with Gasteiger partial charge in [0.25, 0.3) is 0 Å². The van der Waals surface area contributed by atoms with Crippen LogP contribution in [0.25, 0.3) is 0 Å². The predicted molar refractivity (Wildman–Crippen MR) is 96.7 cm³/mol. The molecule has 1 fully saturated rings. The summed E-state index contributed by atoms with van der Waals surface area (Å²) in [4.78, 5) is 25.3. The SMILES string of the molecule is COc1ccccc1C[C@@H](C)CC(=O)N1CCC[C@@H](CCC(=O)O)C1. The Balaban J connectivity index is 1.84. The molecule has 0 radical (unpaired) electrons. The fourth-order valence-corrected chi connectivity index (χ4v) is 3.60. The molecule has 0 spiro atoms. The van der Waals surface area contributed by atoms with E-state index in [0.717, 1.165) is 37.1 Å². The second kappa shape index (κ2) is 9.44. The highest BCUT2D eigenvalue weighted by atomic mass is 16.5. The quantitative estimate of drug-likeness (QED) is 0.783. The molecule has 138 valence electrons. The lowest BCUT2D eigenvalue weighted by molar-refractivity contribution is -0.137. The number of carboxylic acids is 1. The van der Waals surface area contributed by atoms with Gasteiger partial charge in [-0.3, -0.25) is 9.59 Å². The molecule has 2 atom stereocenters. The number of methoxy groups -OCH3 is 1. The molecule has 1 heterocycles. The maximum Gasteiger partial charge on any atom is 0.303 e. The molecule has 0 unspecified atom stereocenters. The molecule has 1 aromatic rings. The van der Waals surface area contributed by atoms with Crippen molar-refractivity contribution >= 4 is 11.9 Å². The van der Waals surface area contributed by atoms with E-state index in [-0.39, 0.29) is 18.2 Å². The van der Waals surface area contributed by atoms with E-state index in [2.05, 4.69) is 6.92 Å². The zero-order valence-electron chi connectivity index (χ0n) is 15.2. The summed E-state index contributed by atoms with van der Waals surface area (Å²) in [5.41, 5.74) is 1.13. The van der Waals surface area contributed by atoms with E-state index in [0.29, 0.717) is 25.3 Å². The van der Waals surface area contributed by atoms with E-state index in [1.54, 1.807) is 7.11 Å². The molecule has 0 saturated carbocycles. The molecule has 5 heteroatoms. The third-order valence-corrected chi connectivity index (χ3v) is 4.92. The first-order valence-electron chi connectivity index (χ1n) is 9.11. The van der Waals surface area contributed by atoms with Gasteiger partial charge in [-0.2, -0.15) is 0 Å². The molecule has 0 bridgehead atoms. The summed E-state index contributed by atoms with van der Waals surface area (Å²) in [5.74, 6) is 0.853. The van der Waals surface area contributed by atoms with Crippen molar-refractivity contribution in [3.63, 3.8) is 0 Å². The molecular weight excluding hydrogens is 318 g/mol. The average Bonchev–Trinajstić information content (AvgIpc) is 2.60. The molecule has 0 aliphatic carbocycles. The lowest BCUT2D eigenvalue weighted by atomic mass is 9.92. The zero-order chi connectivity index (χ0) is 18.2. The number of ether oxygens (including phenoxy) is 1. The Bertz CT molecular complexity index is 587. The molecular formula is C20H29NO4. The number of hydrogen-bond donors (Lipinski definition) is 1. The highest BCUT2D eigenvalue weighted by Crippen LogP contribution is 2.25. The molecule has 5 nitrogen and oxygen atoms in total. The Morgan fingerprint density at radius 1 is 1.36 bits per heavy atom. The predicted octanol–water partition coefficient (Wildman–Crippen LogP) is 3.37. The van der Waals surface area contributed by atoms with Crippen LogP contribution < -0.4 is 4.74 Å². The third kappa shape index (κ3) is 6.07. The Morgan fingerprint density at radius 2 is 2.12 bits per heavy atom. The van der Waals surface area contributed by atoms with E-state index in [4.69, 9.17) is 9.84 Å². The summed E-state index contributed by atoms with van der Waals surface area (Å²) in [6.07, 6.45) is 4.17. The first kappa shape index (κ1) is 19.3. The van der Waals surface area contributed by atoms with Crippen molar-refractivity contribution in [3.05, 3.63) is 29.8 Å². The molecule has 0 aromatic heterocycles. The topological polar surface area (TPSA) is 66.8 Å². The summed E-state index contributed by atoms with van der Waals surface area (Å²) >= 11 is 0. The van der Waals surface area contributed by atoms with Gasteiger partial charge in [-0.1, -0.05) is 25.1 Å². The first-order chi connectivity index (χ1) is 12.0. The monoisotopic (exact) mass is 347 g/mol. The van der Waals surface area contributed by atoms with Gasteiger partial charge in [-0.05, 0) is 49.1 Å². The number of carbonyl (C=O) groups is 2. The van der Waals surface area contributed by atoms with Crippen molar-refractivity contribution in [2.75, 3.05) is 20.2 Å². The second-order valence-corrected chi connectivity index (χ2v) is 7.11. The highest BCUT2D eigenvalue weighted by Gasteiger charge is 2.25. The van der Waals surface area contributed by atoms with Crippen LogP contribution in [0.4, 0.5) is 0 Å². The van der Waals surface area contributed by atoms with E-state index in [1.807, 2.05) is 29.2 Å². The molecule has 2 rings (SSSR count). The fraction of sp³-hybridized carbons (Fsp3) is 0.600. The average molecular weight is 347 g/mol. The van der Waals surface area contributed by atoms with Crippen LogP contribution in [-0.2, 0) is 16.0 Å². The van der Waals surface area contributed by atoms with Crippen LogP contribution in [0.1, 0.15) is 44.6 Å². The van der Waals surface area contributed by atoms with Gasteiger partial charge in [-0.15, -0.1) is 0 Å². The number of likely N-dealkylation sites (tertiary alicyclic amines) is 1. The van der Waals surface area contributed by atoms with Crippen molar-refractivity contribution in [1.82, 2.24) is 4.90 Å². The van der Waals surface area contributed by atoms with Gasteiger partial charge in [0, 0.05) is 25.9 Å². The molecule has 1 amide bonds. The van der Waals surface area contributed by atoms with Gasteiger partial charge in [0.05, 0.1) is 7.11 Å². The number of nitrogens with zero attached hydrogens (tertiary/aromatic N) is 1. The van der Waals surface area contributed by atoms with Crippen LogP contribution in [-0.4, -0.2) is 42.1 Å². The standard InChI is InChI=1S/C20H29NO4/c1-15(12-17-7-3-4-8-18(17)25-2)13-19(22)21-11-5-6-16(14-21)9-10-20(23)24/h3-4,7-8,15-16H,5-6,9-14H2,1-2H3,(H,23,24)/t15-,16+/m1/s1. The Labute approximate surface area is 150 Å². The molecule has 1 N–H and O–H groups in total. The van der Waals surface area contributed by atoms with Crippen LogP contribution in [0.5, 0.6) is 5.75 Å². The minimum atomic E-state index is -0.756. The molecule has 25 heavy (non-hydrogen) atoms. The summed E-state index contributed by atoms with van der Waals surface area (Å²) in [7, 11) is 1.67. The van der Waals surface area contributed by atoms with Gasteiger partial charge >= 0.3 is 5.97 Å². The zero-order valence-corrected chi connectivity index (χ0v) is 15.2. The van der Waals surface area contributed by atoms with Gasteiger partial charge in [0.2, 0.25) is 5.91 Å². The van der Waals surface area contributed by atoms with Gasteiger partial charge in [0.15, 0.2) is 0 Å². The van der Waals surface area contributed by atoms with Crippen molar-refractivity contribution in [2.24, 2.45) is 11.8 Å². The van der Waals surface area contributed by atoms with Crippen LogP contribution in [0, 0.1) is 11.8 Å². The van der Waals surface area contributed by atoms with Crippen molar-refractivity contribution < 1.29 is 19.4 Å². The smallest absolute Gasteiger partial charge is 0.303 e. The molecule has 1 saturated heterocycles. The Morgan fingerprint density at radius 3 is 2.84 bits per heavy atom. The number of para-hydroxylation sites is 1. The maximum atomic E-state index is 12.6. The number of hydrogen-bond acceptors (Lipinski definition) is 3. The summed E-state index contributed by atoms with van der Waals surface area (Å²) < 4.78 is 5.38. The maximum absolute atomic E-state index is 12.6. The second-order valence-electron chi connectivity index (χ2n) is 7.11. The van der Waals surface area contributed by atoms with Crippen LogP contribution >= 0.6 is 0 Å². The van der Waals surface area contributed by atoms with E-state index >= 15 is 0 Å². The molecule has 1 aliphatic heterocycles. The third-order valence-electron chi connectivity index (χ3n) is 4.92. The Hall–Kier alpha value is -2.04. The number of amides is 1. The summed E-state index contributed by atoms with van der Waals surface area (Å²) in [5, 5.41) is 8.83. The minimum absolute atomic E-state index is 0.183. The van der Waals surface area contributed by atoms with E-state index < -0.39 is 5.97 Å². The fourth-order valence-electron chi connectivity index (χ4n) is 3.60. The van der Waals surface area contributed by atoms with Crippen molar-refractivity contribution in [1.29, 1.82) is 0 Å². The largest absolute Gasteiger partial charge is 0.496 e. The van der Waals surface area contributed by atoms with Crippen LogP contribution in [0.3, 0.4) is 0 Å². The van der Waals surface area contributed by atoms with E-state index in [1.165, 1.54) is 0 Å². The van der Waals surface area contributed by atoms with Gasteiger partial charge < -0.3 is 14.7 Å². The Kier molecular flexibility index (Phi) is 7.29. The number of carbonyl (C=O) groups excluding carboxylic acids is 1. The number of aliphatic carboxylic acids is 1. The van der Waals surface area contributed by atoms with Gasteiger partial charge in [0.1, 0.15) is 5.75 Å². The molecule has 1 aliphatic rings. The number of benzene rings is 1. The lowest BCUT2D eigenvalue weighted by Gasteiger charge is -2.33. The van der Waals surface area contributed by atoms with Crippen molar-refractivity contribution in [2.45, 2.75) is 45.4 Å². The van der Waals surface area contributed by atoms with E-state index in [9.17, 15) is 9.59 Å². The highest BCUT2D eigenvalue weighted by molar-refractivity contribution is 5.76. The lowest BCUT2D eigenvalue weighted by Crippen LogP contribution is -2.40. The minimum Gasteiger partial charge on any atom is -0.496 e. The molecule has 1 aromatic carbocycles. The van der Waals surface area contributed by atoms with Crippen molar-refractivity contribution in [3.8, 4) is 5.75 Å². The first-order valence-corrected chi connectivity index (χ1v) is 9.11. The van der Waals surface area contributed by atoms with Gasteiger partial charge in [-0.25, -0.2) is 0 Å². The number of carboxylic acid groups (broad SMARTS) is 1. The number of piperidine rings is 1. The number of rotatable bonds is 8. The van der Waals surface area contributed by atoms with Crippen LogP contribution in [0.2, 0.25) is 0 Å². The summed E-state index contributed by atoms with van der Waals surface area (Å²) in [6.45, 7) is 3.59. The normalized spacial score (nSPS) is 18.6. The summed E-state index contributed by atoms with van der Waals surface area (Å²) in [6, 6.07) is 7.93.